The highest BCUT2D eigenvalue weighted by Crippen LogP contribution is 2.21. The van der Waals surface area contributed by atoms with E-state index < -0.39 is 0 Å². The molecule has 1 fully saturated rings. The highest BCUT2D eigenvalue weighted by Gasteiger charge is 2.27. The van der Waals surface area contributed by atoms with Crippen LogP contribution in [0.25, 0.3) is 0 Å². The highest BCUT2D eigenvalue weighted by molar-refractivity contribution is 4.78. The van der Waals surface area contributed by atoms with Crippen molar-refractivity contribution in [1.29, 1.82) is 0 Å². The van der Waals surface area contributed by atoms with E-state index >= 15 is 0 Å². The fourth-order valence-electron chi connectivity index (χ4n) is 3.67. The van der Waals surface area contributed by atoms with Gasteiger partial charge in [-0.2, -0.15) is 0 Å². The summed E-state index contributed by atoms with van der Waals surface area (Å²) in [6, 6.07) is 0.731. The largest absolute Gasteiger partial charge is 0.373 e. The molecule has 2 atom stereocenters. The summed E-state index contributed by atoms with van der Waals surface area (Å²) in [5.74, 6) is 0. The summed E-state index contributed by atoms with van der Waals surface area (Å²) >= 11 is 0. The fourth-order valence-corrected chi connectivity index (χ4v) is 3.67. The van der Waals surface area contributed by atoms with Crippen LogP contribution in [0.15, 0.2) is 0 Å². The zero-order valence-electron chi connectivity index (χ0n) is 17.0. The van der Waals surface area contributed by atoms with Crippen LogP contribution in [0.3, 0.4) is 0 Å². The predicted octanol–water partition coefficient (Wildman–Crippen LogP) is 6.58. The van der Waals surface area contributed by atoms with Gasteiger partial charge >= 0.3 is 0 Å². The Morgan fingerprint density at radius 3 is 1.54 bits per heavy atom. The van der Waals surface area contributed by atoms with Crippen LogP contribution in [0.2, 0.25) is 0 Å². The zero-order valence-corrected chi connectivity index (χ0v) is 17.0. The van der Waals surface area contributed by atoms with Crippen molar-refractivity contribution in [2.75, 3.05) is 20.7 Å². The smallest absolute Gasteiger partial charge is 0.0824 e. The highest BCUT2D eigenvalue weighted by atomic mass is 16.6. The van der Waals surface area contributed by atoms with Gasteiger partial charge in [0, 0.05) is 6.04 Å². The third kappa shape index (κ3) is 13.2. The van der Waals surface area contributed by atoms with E-state index in [1.807, 2.05) is 0 Å². The maximum absolute atomic E-state index is 5.39. The first-order chi connectivity index (χ1) is 11.7. The lowest BCUT2D eigenvalue weighted by Gasteiger charge is -2.23. The quantitative estimate of drug-likeness (QED) is 0.207. The van der Waals surface area contributed by atoms with Gasteiger partial charge in [-0.25, -0.2) is 0 Å². The Kier molecular flexibility index (Phi) is 13.9. The van der Waals surface area contributed by atoms with Gasteiger partial charge < -0.3 is 9.64 Å². The van der Waals surface area contributed by atoms with Crippen molar-refractivity contribution < 1.29 is 4.74 Å². The van der Waals surface area contributed by atoms with Gasteiger partial charge in [0.25, 0.3) is 0 Å². The number of epoxide rings is 1. The number of hydrogen-bond donors (Lipinski definition) is 0. The standard InChI is InChI=1S/C22H45NO/c1-4-5-6-7-8-9-10-11-12-13-14-15-16-17-18-21(23(2)3)19-22-20-24-22/h21-22H,4-20H2,1-3H3. The second kappa shape index (κ2) is 15.2. The molecule has 0 aromatic carbocycles. The lowest BCUT2D eigenvalue weighted by Crippen LogP contribution is -2.29. The molecule has 0 aliphatic carbocycles. The number of rotatable bonds is 18. The van der Waals surface area contributed by atoms with Gasteiger partial charge in [0.2, 0.25) is 0 Å². The van der Waals surface area contributed by atoms with E-state index in [9.17, 15) is 0 Å². The van der Waals surface area contributed by atoms with E-state index in [1.165, 1.54) is 103 Å². The summed E-state index contributed by atoms with van der Waals surface area (Å²) in [5, 5.41) is 0. The van der Waals surface area contributed by atoms with Crippen molar-refractivity contribution in [1.82, 2.24) is 4.90 Å². The van der Waals surface area contributed by atoms with Gasteiger partial charge in [0.15, 0.2) is 0 Å². The second-order valence-corrected chi connectivity index (χ2v) is 8.19. The summed E-state index contributed by atoms with van der Waals surface area (Å²) in [6.45, 7) is 3.30. The molecule has 1 aliphatic heterocycles. The van der Waals surface area contributed by atoms with Crippen LogP contribution in [-0.4, -0.2) is 37.7 Å². The van der Waals surface area contributed by atoms with E-state index in [-0.39, 0.29) is 0 Å². The van der Waals surface area contributed by atoms with Crippen LogP contribution in [0.5, 0.6) is 0 Å². The Bertz CT molecular complexity index is 263. The summed E-state index contributed by atoms with van der Waals surface area (Å²) in [6.07, 6.45) is 23.4. The van der Waals surface area contributed by atoms with Crippen LogP contribution in [0.1, 0.15) is 110 Å². The zero-order chi connectivity index (χ0) is 17.5. The van der Waals surface area contributed by atoms with Gasteiger partial charge in [0.1, 0.15) is 0 Å². The van der Waals surface area contributed by atoms with Gasteiger partial charge in [-0.05, 0) is 26.9 Å². The molecular weight excluding hydrogens is 294 g/mol. The molecule has 144 valence electrons. The molecule has 0 bridgehead atoms. The average Bonchev–Trinajstić information content (AvgIpc) is 3.38. The van der Waals surface area contributed by atoms with E-state index in [4.69, 9.17) is 4.74 Å². The number of ether oxygens (including phenoxy) is 1. The first-order valence-electron chi connectivity index (χ1n) is 11.0. The lowest BCUT2D eigenvalue weighted by molar-refractivity contribution is 0.235. The first kappa shape index (κ1) is 22.0. The Morgan fingerprint density at radius 1 is 0.750 bits per heavy atom. The first-order valence-corrected chi connectivity index (χ1v) is 11.0. The number of unbranched alkanes of at least 4 members (excludes halogenated alkanes) is 13. The van der Waals surface area contributed by atoms with Crippen molar-refractivity contribution in [3.05, 3.63) is 0 Å². The molecule has 1 heterocycles. The third-order valence-corrected chi connectivity index (χ3v) is 5.56. The van der Waals surface area contributed by atoms with Gasteiger partial charge in [-0.1, -0.05) is 96.8 Å². The molecule has 1 saturated heterocycles. The van der Waals surface area contributed by atoms with E-state index in [0.717, 1.165) is 12.6 Å². The molecular formula is C22H45NO. The molecule has 0 N–H and O–H groups in total. The predicted molar refractivity (Wildman–Crippen MR) is 107 cm³/mol. The van der Waals surface area contributed by atoms with Crippen LogP contribution < -0.4 is 0 Å². The summed E-state index contributed by atoms with van der Waals surface area (Å²) in [5.41, 5.74) is 0. The second-order valence-electron chi connectivity index (χ2n) is 8.19. The summed E-state index contributed by atoms with van der Waals surface area (Å²) in [4.78, 5) is 2.39. The maximum atomic E-state index is 5.39. The normalized spacial score (nSPS) is 18.2. The van der Waals surface area contributed by atoms with Crippen LogP contribution in [0.4, 0.5) is 0 Å². The maximum Gasteiger partial charge on any atom is 0.0824 e. The molecule has 1 aliphatic rings. The van der Waals surface area contributed by atoms with Crippen molar-refractivity contribution >= 4 is 0 Å². The van der Waals surface area contributed by atoms with Crippen molar-refractivity contribution in [3.63, 3.8) is 0 Å². The topological polar surface area (TPSA) is 15.8 Å². The van der Waals surface area contributed by atoms with E-state index in [1.54, 1.807) is 0 Å². The molecule has 2 heteroatoms. The Morgan fingerprint density at radius 2 is 1.17 bits per heavy atom. The van der Waals surface area contributed by atoms with Gasteiger partial charge in [0.05, 0.1) is 12.7 Å². The molecule has 2 nitrogen and oxygen atoms in total. The van der Waals surface area contributed by atoms with Gasteiger partial charge in [-0.3, -0.25) is 0 Å². The molecule has 0 spiro atoms. The molecule has 24 heavy (non-hydrogen) atoms. The minimum absolute atomic E-state index is 0.573. The minimum Gasteiger partial charge on any atom is -0.373 e. The third-order valence-electron chi connectivity index (χ3n) is 5.56. The fraction of sp³-hybridized carbons (Fsp3) is 1.00. The van der Waals surface area contributed by atoms with Crippen LogP contribution >= 0.6 is 0 Å². The number of nitrogens with zero attached hydrogens (tertiary/aromatic N) is 1. The van der Waals surface area contributed by atoms with Crippen LogP contribution in [0, 0.1) is 0 Å². The molecule has 0 saturated carbocycles. The molecule has 0 aromatic heterocycles. The lowest BCUT2D eigenvalue weighted by atomic mass is 10.0. The van der Waals surface area contributed by atoms with Crippen molar-refractivity contribution in [2.45, 2.75) is 122 Å². The van der Waals surface area contributed by atoms with E-state index in [0.29, 0.717) is 6.10 Å². The average molecular weight is 340 g/mol. The molecule has 0 aromatic rings. The molecule has 2 unspecified atom stereocenters. The Balaban J connectivity index is 1.76. The minimum atomic E-state index is 0.573. The van der Waals surface area contributed by atoms with Crippen molar-refractivity contribution in [3.8, 4) is 0 Å². The molecule has 0 amide bonds. The molecule has 1 rings (SSSR count). The SMILES string of the molecule is CCCCCCCCCCCCCCCCC(CC1CO1)N(C)C. The summed E-state index contributed by atoms with van der Waals surface area (Å²) in [7, 11) is 4.44. The van der Waals surface area contributed by atoms with E-state index in [2.05, 4.69) is 25.9 Å². The Hall–Kier alpha value is -0.0800. The van der Waals surface area contributed by atoms with Crippen LogP contribution in [-0.2, 0) is 4.74 Å². The summed E-state index contributed by atoms with van der Waals surface area (Å²) < 4.78 is 5.39. The monoisotopic (exact) mass is 339 g/mol. The van der Waals surface area contributed by atoms with Gasteiger partial charge in [-0.15, -0.1) is 0 Å². The molecule has 0 radical (unpaired) electrons. The van der Waals surface area contributed by atoms with Crippen molar-refractivity contribution in [2.24, 2.45) is 0 Å². The Labute approximate surface area is 152 Å². The number of hydrogen-bond acceptors (Lipinski definition) is 2.